The van der Waals surface area contributed by atoms with Gasteiger partial charge < -0.3 is 4.90 Å². The van der Waals surface area contributed by atoms with Gasteiger partial charge in [0.1, 0.15) is 5.69 Å². The summed E-state index contributed by atoms with van der Waals surface area (Å²) >= 11 is 0. The standard InChI is InChI=1S/C15H16F3N5O2/c16-15(17,18)12-7-13(24)23(9-19-12)8-10-2-5-22(6-3-10)14(25)11-1-4-20-21-11/h1,4,7,9-10H,2-3,5-6,8H2,(H,20,21). The molecule has 0 spiro atoms. The van der Waals surface area contributed by atoms with Crippen molar-refractivity contribution in [3.05, 3.63) is 46.4 Å². The zero-order valence-electron chi connectivity index (χ0n) is 13.2. The topological polar surface area (TPSA) is 83.9 Å². The first-order valence-corrected chi connectivity index (χ1v) is 7.77. The molecule has 0 saturated carbocycles. The highest BCUT2D eigenvalue weighted by Crippen LogP contribution is 2.26. The van der Waals surface area contributed by atoms with Gasteiger partial charge in [0.15, 0.2) is 5.69 Å². The SMILES string of the molecule is O=C(c1ccn[nH]1)N1CCC(Cn2cnc(C(F)(F)F)cc2=O)CC1. The van der Waals surface area contributed by atoms with Crippen molar-refractivity contribution in [1.82, 2.24) is 24.6 Å². The van der Waals surface area contributed by atoms with Crippen LogP contribution >= 0.6 is 0 Å². The second-order valence-corrected chi connectivity index (χ2v) is 5.97. The number of halogens is 3. The molecule has 1 amide bonds. The van der Waals surface area contributed by atoms with Gasteiger partial charge in [-0.25, -0.2) is 4.98 Å². The fraction of sp³-hybridized carbons (Fsp3) is 0.467. The number of piperidine rings is 1. The van der Waals surface area contributed by atoms with E-state index in [2.05, 4.69) is 15.2 Å². The predicted molar refractivity (Wildman–Crippen MR) is 80.7 cm³/mol. The summed E-state index contributed by atoms with van der Waals surface area (Å²) in [5, 5.41) is 6.37. The molecule has 1 saturated heterocycles. The number of rotatable bonds is 3. The Bertz CT molecular complexity index is 792. The van der Waals surface area contributed by atoms with Gasteiger partial charge in [-0.3, -0.25) is 19.3 Å². The van der Waals surface area contributed by atoms with Gasteiger partial charge in [-0.15, -0.1) is 0 Å². The normalized spacial score (nSPS) is 16.2. The minimum Gasteiger partial charge on any atom is -0.337 e. The lowest BCUT2D eigenvalue weighted by atomic mass is 9.96. The Hall–Kier alpha value is -2.65. The molecule has 25 heavy (non-hydrogen) atoms. The zero-order chi connectivity index (χ0) is 18.0. The molecular formula is C15H16F3N5O2. The van der Waals surface area contributed by atoms with Crippen LogP contribution in [0.2, 0.25) is 0 Å². The Morgan fingerprint density at radius 2 is 2.04 bits per heavy atom. The smallest absolute Gasteiger partial charge is 0.337 e. The van der Waals surface area contributed by atoms with E-state index >= 15 is 0 Å². The van der Waals surface area contributed by atoms with Crippen molar-refractivity contribution in [2.75, 3.05) is 13.1 Å². The zero-order valence-corrected chi connectivity index (χ0v) is 13.2. The van der Waals surface area contributed by atoms with Gasteiger partial charge in [0.2, 0.25) is 0 Å². The number of carbonyl (C=O) groups is 1. The van der Waals surface area contributed by atoms with Crippen LogP contribution in [0.4, 0.5) is 13.2 Å². The van der Waals surface area contributed by atoms with Gasteiger partial charge in [0.05, 0.1) is 6.33 Å². The molecule has 0 unspecified atom stereocenters. The first-order chi connectivity index (χ1) is 11.8. The van der Waals surface area contributed by atoms with E-state index < -0.39 is 17.4 Å². The van der Waals surface area contributed by atoms with E-state index in [-0.39, 0.29) is 18.4 Å². The highest BCUT2D eigenvalue weighted by Gasteiger charge is 2.33. The summed E-state index contributed by atoms with van der Waals surface area (Å²) < 4.78 is 38.8. The van der Waals surface area contributed by atoms with Gasteiger partial charge in [0.25, 0.3) is 11.5 Å². The quantitative estimate of drug-likeness (QED) is 0.905. The number of hydrogen-bond acceptors (Lipinski definition) is 4. The Labute approximate surface area is 140 Å². The maximum Gasteiger partial charge on any atom is 0.433 e. The summed E-state index contributed by atoms with van der Waals surface area (Å²) in [5.74, 6) is -0.0358. The van der Waals surface area contributed by atoms with E-state index in [0.717, 1.165) is 6.33 Å². The number of aromatic nitrogens is 4. The Morgan fingerprint density at radius 3 is 2.60 bits per heavy atom. The van der Waals surface area contributed by atoms with E-state index in [0.29, 0.717) is 37.7 Å². The maximum atomic E-state index is 12.5. The molecule has 3 rings (SSSR count). The fourth-order valence-electron chi connectivity index (χ4n) is 2.86. The Balaban J connectivity index is 1.59. The molecule has 0 bridgehead atoms. The number of hydrogen-bond donors (Lipinski definition) is 1. The van der Waals surface area contributed by atoms with Crippen molar-refractivity contribution in [2.24, 2.45) is 5.92 Å². The molecule has 134 valence electrons. The fourth-order valence-corrected chi connectivity index (χ4v) is 2.86. The molecule has 7 nitrogen and oxygen atoms in total. The molecule has 1 N–H and O–H groups in total. The molecular weight excluding hydrogens is 339 g/mol. The first kappa shape index (κ1) is 17.2. The number of nitrogens with zero attached hydrogens (tertiary/aromatic N) is 4. The third-order valence-electron chi connectivity index (χ3n) is 4.26. The van der Waals surface area contributed by atoms with Gasteiger partial charge in [-0.1, -0.05) is 0 Å². The minimum atomic E-state index is -4.63. The molecule has 1 aliphatic heterocycles. The minimum absolute atomic E-state index is 0.0991. The van der Waals surface area contributed by atoms with E-state index in [1.54, 1.807) is 11.0 Å². The number of nitrogens with one attached hydrogen (secondary N) is 1. The Kier molecular flexibility index (Phi) is 4.60. The third-order valence-corrected chi connectivity index (χ3v) is 4.26. The average Bonchev–Trinajstić information content (AvgIpc) is 3.10. The summed E-state index contributed by atoms with van der Waals surface area (Å²) in [6.45, 7) is 1.33. The van der Waals surface area contributed by atoms with Crippen LogP contribution in [0, 0.1) is 5.92 Å². The lowest BCUT2D eigenvalue weighted by molar-refractivity contribution is -0.141. The number of amides is 1. The summed E-state index contributed by atoms with van der Waals surface area (Å²) in [6.07, 6.45) is -0.866. The lowest BCUT2D eigenvalue weighted by Crippen LogP contribution is -2.40. The molecule has 0 aliphatic carbocycles. The molecule has 0 aromatic carbocycles. The van der Waals surface area contributed by atoms with Crippen molar-refractivity contribution in [1.29, 1.82) is 0 Å². The highest BCUT2D eigenvalue weighted by molar-refractivity contribution is 5.92. The van der Waals surface area contributed by atoms with Crippen LogP contribution in [0.25, 0.3) is 0 Å². The van der Waals surface area contributed by atoms with Crippen LogP contribution in [0.3, 0.4) is 0 Å². The van der Waals surface area contributed by atoms with Gasteiger partial charge in [-0.05, 0) is 24.8 Å². The van der Waals surface area contributed by atoms with E-state index in [4.69, 9.17) is 0 Å². The third kappa shape index (κ3) is 3.89. The van der Waals surface area contributed by atoms with Gasteiger partial charge in [-0.2, -0.15) is 18.3 Å². The van der Waals surface area contributed by atoms with Crippen LogP contribution in [-0.4, -0.2) is 43.6 Å². The second kappa shape index (κ2) is 6.69. The molecule has 1 aliphatic rings. The van der Waals surface area contributed by atoms with Gasteiger partial charge >= 0.3 is 6.18 Å². The first-order valence-electron chi connectivity index (χ1n) is 7.77. The number of carbonyl (C=O) groups excluding carboxylic acids is 1. The van der Waals surface area contributed by atoms with Crippen molar-refractivity contribution in [3.8, 4) is 0 Å². The van der Waals surface area contributed by atoms with Crippen molar-refractivity contribution < 1.29 is 18.0 Å². The van der Waals surface area contributed by atoms with Crippen LogP contribution in [0.1, 0.15) is 29.0 Å². The largest absolute Gasteiger partial charge is 0.433 e. The summed E-state index contributed by atoms with van der Waals surface area (Å²) in [6, 6.07) is 2.11. The number of aromatic amines is 1. The van der Waals surface area contributed by atoms with Crippen LogP contribution in [0.5, 0.6) is 0 Å². The van der Waals surface area contributed by atoms with Crippen LogP contribution in [-0.2, 0) is 12.7 Å². The predicted octanol–water partition coefficient (Wildman–Crippen LogP) is 1.54. The maximum absolute atomic E-state index is 12.5. The highest BCUT2D eigenvalue weighted by atomic mass is 19.4. The summed E-state index contributed by atoms with van der Waals surface area (Å²) in [4.78, 5) is 29.0. The second-order valence-electron chi connectivity index (χ2n) is 5.97. The van der Waals surface area contributed by atoms with Crippen molar-refractivity contribution in [2.45, 2.75) is 25.6 Å². The molecule has 2 aromatic heterocycles. The summed E-state index contributed by atoms with van der Waals surface area (Å²) in [5.41, 5.74) is -1.49. The van der Waals surface area contributed by atoms with Gasteiger partial charge in [0, 0.05) is 31.9 Å². The monoisotopic (exact) mass is 355 g/mol. The molecule has 0 radical (unpaired) electrons. The Morgan fingerprint density at radius 1 is 1.32 bits per heavy atom. The number of alkyl halides is 3. The molecule has 0 atom stereocenters. The van der Waals surface area contributed by atoms with Crippen LogP contribution < -0.4 is 5.56 Å². The van der Waals surface area contributed by atoms with E-state index in [9.17, 15) is 22.8 Å². The van der Waals surface area contributed by atoms with Crippen molar-refractivity contribution in [3.63, 3.8) is 0 Å². The lowest BCUT2D eigenvalue weighted by Gasteiger charge is -2.31. The molecule has 10 heteroatoms. The molecule has 1 fully saturated rings. The molecule has 2 aromatic rings. The number of H-pyrrole nitrogens is 1. The van der Waals surface area contributed by atoms with Crippen LogP contribution in [0.15, 0.2) is 29.5 Å². The average molecular weight is 355 g/mol. The van der Waals surface area contributed by atoms with Crippen molar-refractivity contribution >= 4 is 5.91 Å². The van der Waals surface area contributed by atoms with E-state index in [1.807, 2.05) is 0 Å². The summed E-state index contributed by atoms with van der Waals surface area (Å²) in [7, 11) is 0. The molecule has 3 heterocycles. The van der Waals surface area contributed by atoms with E-state index in [1.165, 1.54) is 10.8 Å². The number of likely N-dealkylation sites (tertiary alicyclic amines) is 1.